The lowest BCUT2D eigenvalue weighted by Gasteiger charge is -2.11. The number of nitrogens with zero attached hydrogens (tertiary/aromatic N) is 1. The molecule has 0 fully saturated rings. The summed E-state index contributed by atoms with van der Waals surface area (Å²) in [5.74, 6) is 0. The van der Waals surface area contributed by atoms with E-state index in [1.807, 2.05) is 0 Å². The average molecular weight is 240 g/mol. The number of alkyl halides is 3. The number of thiazole rings is 1. The highest BCUT2D eigenvalue weighted by molar-refractivity contribution is 7.09. The number of aromatic nitrogens is 1. The average Bonchev–Trinajstić information content (AvgIpc) is 2.54. The van der Waals surface area contributed by atoms with Gasteiger partial charge in [0.15, 0.2) is 0 Å². The molecule has 0 aliphatic carbocycles. The van der Waals surface area contributed by atoms with Gasteiger partial charge in [0.25, 0.3) is 0 Å². The lowest BCUT2D eigenvalue weighted by molar-refractivity contribution is -0.174. The molecule has 0 spiro atoms. The molecule has 0 amide bonds. The standard InChI is InChI=1S/C8H11F3N2OS/c9-8(10,11)5-14-4-6(12)3-7-13-1-2-15-7/h1-2,6H,3-5,12H2. The molecule has 1 atom stereocenters. The fraction of sp³-hybridized carbons (Fsp3) is 0.625. The van der Waals surface area contributed by atoms with Gasteiger partial charge < -0.3 is 10.5 Å². The number of rotatable bonds is 5. The highest BCUT2D eigenvalue weighted by atomic mass is 32.1. The Labute approximate surface area is 89.1 Å². The maximum Gasteiger partial charge on any atom is 0.411 e. The van der Waals surface area contributed by atoms with Gasteiger partial charge in [-0.15, -0.1) is 11.3 Å². The first-order valence-corrected chi connectivity index (χ1v) is 5.14. The molecule has 0 aliphatic rings. The minimum Gasteiger partial charge on any atom is -0.370 e. The van der Waals surface area contributed by atoms with Crippen LogP contribution in [0.4, 0.5) is 13.2 Å². The van der Waals surface area contributed by atoms with Gasteiger partial charge in [-0.05, 0) is 0 Å². The van der Waals surface area contributed by atoms with Crippen LogP contribution < -0.4 is 5.73 Å². The van der Waals surface area contributed by atoms with Crippen molar-refractivity contribution in [2.45, 2.75) is 18.6 Å². The van der Waals surface area contributed by atoms with Crippen molar-refractivity contribution in [1.29, 1.82) is 0 Å². The fourth-order valence-corrected chi connectivity index (χ4v) is 1.67. The summed E-state index contributed by atoms with van der Waals surface area (Å²) in [5, 5.41) is 2.59. The second-order valence-corrected chi connectivity index (χ2v) is 4.00. The van der Waals surface area contributed by atoms with E-state index < -0.39 is 18.8 Å². The van der Waals surface area contributed by atoms with Gasteiger partial charge in [-0.2, -0.15) is 13.2 Å². The number of halogens is 3. The van der Waals surface area contributed by atoms with E-state index in [9.17, 15) is 13.2 Å². The van der Waals surface area contributed by atoms with Crippen molar-refractivity contribution in [2.75, 3.05) is 13.2 Å². The van der Waals surface area contributed by atoms with Crippen LogP contribution in [0.1, 0.15) is 5.01 Å². The monoisotopic (exact) mass is 240 g/mol. The van der Waals surface area contributed by atoms with Crippen LogP contribution in [-0.2, 0) is 11.2 Å². The summed E-state index contributed by atoms with van der Waals surface area (Å²) in [4.78, 5) is 3.97. The molecule has 1 aromatic rings. The molecule has 0 aromatic carbocycles. The van der Waals surface area contributed by atoms with Crippen molar-refractivity contribution in [3.05, 3.63) is 16.6 Å². The van der Waals surface area contributed by atoms with E-state index in [0.29, 0.717) is 6.42 Å². The second-order valence-electron chi connectivity index (χ2n) is 3.02. The van der Waals surface area contributed by atoms with Gasteiger partial charge in [0, 0.05) is 24.0 Å². The molecule has 1 heterocycles. The molecule has 2 N–H and O–H groups in total. The third kappa shape index (κ3) is 5.71. The maximum atomic E-state index is 11.7. The van der Waals surface area contributed by atoms with E-state index in [1.54, 1.807) is 11.6 Å². The zero-order valence-corrected chi connectivity index (χ0v) is 8.64. The lowest BCUT2D eigenvalue weighted by Crippen LogP contribution is -2.31. The normalized spacial score (nSPS) is 14.1. The molecule has 3 nitrogen and oxygen atoms in total. The van der Waals surface area contributed by atoms with Crippen LogP contribution >= 0.6 is 11.3 Å². The predicted molar refractivity (Wildman–Crippen MR) is 50.7 cm³/mol. The second kappa shape index (κ2) is 5.43. The van der Waals surface area contributed by atoms with Gasteiger partial charge >= 0.3 is 6.18 Å². The smallest absolute Gasteiger partial charge is 0.370 e. The summed E-state index contributed by atoms with van der Waals surface area (Å²) in [5.41, 5.74) is 5.57. The summed E-state index contributed by atoms with van der Waals surface area (Å²) in [6.07, 6.45) is -2.22. The van der Waals surface area contributed by atoms with Gasteiger partial charge in [-0.25, -0.2) is 4.98 Å². The summed E-state index contributed by atoms with van der Waals surface area (Å²) >= 11 is 1.42. The third-order valence-corrected chi connectivity index (χ3v) is 2.32. The van der Waals surface area contributed by atoms with E-state index in [0.717, 1.165) is 5.01 Å². The summed E-state index contributed by atoms with van der Waals surface area (Å²) in [6.45, 7) is -1.36. The Morgan fingerprint density at radius 2 is 2.27 bits per heavy atom. The van der Waals surface area contributed by atoms with Crippen molar-refractivity contribution in [2.24, 2.45) is 5.73 Å². The van der Waals surface area contributed by atoms with Crippen molar-refractivity contribution < 1.29 is 17.9 Å². The first-order valence-electron chi connectivity index (χ1n) is 4.26. The Balaban J connectivity index is 2.17. The molecule has 15 heavy (non-hydrogen) atoms. The first-order chi connectivity index (χ1) is 6.97. The summed E-state index contributed by atoms with van der Waals surface area (Å²) < 4.78 is 39.6. The third-order valence-electron chi connectivity index (χ3n) is 1.52. The van der Waals surface area contributed by atoms with Crippen molar-refractivity contribution in [1.82, 2.24) is 4.98 Å². The van der Waals surface area contributed by atoms with Crippen LogP contribution in [0.3, 0.4) is 0 Å². The van der Waals surface area contributed by atoms with E-state index in [4.69, 9.17) is 5.73 Å². The quantitative estimate of drug-likeness (QED) is 0.850. The molecule has 7 heteroatoms. The van der Waals surface area contributed by atoms with Crippen LogP contribution in [-0.4, -0.2) is 30.4 Å². The molecule has 1 unspecified atom stereocenters. The number of hydrogen-bond donors (Lipinski definition) is 1. The maximum absolute atomic E-state index is 11.7. The molecule has 0 radical (unpaired) electrons. The Morgan fingerprint density at radius 3 is 2.80 bits per heavy atom. The van der Waals surface area contributed by atoms with Gasteiger partial charge in [0.05, 0.1) is 11.6 Å². The van der Waals surface area contributed by atoms with Gasteiger partial charge in [-0.3, -0.25) is 0 Å². The van der Waals surface area contributed by atoms with Crippen molar-refractivity contribution >= 4 is 11.3 Å². The van der Waals surface area contributed by atoms with Crippen molar-refractivity contribution in [3.8, 4) is 0 Å². The molecule has 1 aromatic heterocycles. The SMILES string of the molecule is NC(COCC(F)(F)F)Cc1nccs1. The Bertz CT molecular complexity index is 276. The first kappa shape index (κ1) is 12.4. The Morgan fingerprint density at radius 1 is 1.53 bits per heavy atom. The molecule has 0 bridgehead atoms. The van der Waals surface area contributed by atoms with Crippen LogP contribution in [0.5, 0.6) is 0 Å². The van der Waals surface area contributed by atoms with Crippen LogP contribution in [0.15, 0.2) is 11.6 Å². The fourth-order valence-electron chi connectivity index (χ4n) is 0.963. The van der Waals surface area contributed by atoms with Gasteiger partial charge in [-0.1, -0.05) is 0 Å². The molecule has 1 rings (SSSR count). The minimum atomic E-state index is -4.29. The molecule has 0 aliphatic heterocycles. The highest BCUT2D eigenvalue weighted by Crippen LogP contribution is 2.14. The minimum absolute atomic E-state index is 0.112. The molecule has 86 valence electrons. The van der Waals surface area contributed by atoms with Crippen LogP contribution in [0.25, 0.3) is 0 Å². The lowest BCUT2D eigenvalue weighted by atomic mass is 10.2. The van der Waals surface area contributed by atoms with E-state index >= 15 is 0 Å². The largest absolute Gasteiger partial charge is 0.411 e. The van der Waals surface area contributed by atoms with Gasteiger partial charge in [0.2, 0.25) is 0 Å². The topological polar surface area (TPSA) is 48.1 Å². The number of ether oxygens (including phenoxy) is 1. The Kier molecular flexibility index (Phi) is 4.49. The highest BCUT2D eigenvalue weighted by Gasteiger charge is 2.27. The zero-order chi connectivity index (χ0) is 11.3. The van der Waals surface area contributed by atoms with Crippen molar-refractivity contribution in [3.63, 3.8) is 0 Å². The van der Waals surface area contributed by atoms with Crippen LogP contribution in [0, 0.1) is 0 Å². The molecule has 0 saturated heterocycles. The molecule has 0 saturated carbocycles. The zero-order valence-electron chi connectivity index (χ0n) is 7.83. The molecular weight excluding hydrogens is 229 g/mol. The Hall–Kier alpha value is -0.660. The predicted octanol–water partition coefficient (Wildman–Crippen LogP) is 1.59. The number of hydrogen-bond acceptors (Lipinski definition) is 4. The van der Waals surface area contributed by atoms with Gasteiger partial charge in [0.1, 0.15) is 6.61 Å². The number of nitrogens with two attached hydrogens (primary N) is 1. The van der Waals surface area contributed by atoms with E-state index in [2.05, 4.69) is 9.72 Å². The van der Waals surface area contributed by atoms with E-state index in [-0.39, 0.29) is 6.61 Å². The summed E-state index contributed by atoms with van der Waals surface area (Å²) in [7, 11) is 0. The summed E-state index contributed by atoms with van der Waals surface area (Å²) in [6, 6.07) is -0.446. The van der Waals surface area contributed by atoms with E-state index in [1.165, 1.54) is 11.3 Å². The van der Waals surface area contributed by atoms with Crippen LogP contribution in [0.2, 0.25) is 0 Å². The molecular formula is C8H11F3N2OS.